The largest absolute Gasteiger partial charge is 0.365 e. The number of carbonyl (C=O) groups excluding carboxylic acids is 1. The predicted octanol–water partition coefficient (Wildman–Crippen LogP) is 1.32. The number of morpholine rings is 1. The molecule has 1 amide bonds. The van der Waals surface area contributed by atoms with Crippen molar-refractivity contribution in [2.24, 2.45) is 0 Å². The number of likely N-dealkylation sites (tertiary alicyclic amines) is 1. The van der Waals surface area contributed by atoms with Gasteiger partial charge in [0.15, 0.2) is 0 Å². The van der Waals surface area contributed by atoms with Crippen LogP contribution in [-0.4, -0.2) is 71.6 Å². The van der Waals surface area contributed by atoms with Crippen molar-refractivity contribution in [3.63, 3.8) is 0 Å². The molecule has 3 saturated heterocycles. The van der Waals surface area contributed by atoms with Crippen molar-refractivity contribution in [2.45, 2.75) is 29.8 Å². The molecule has 8 heteroatoms. The van der Waals surface area contributed by atoms with Gasteiger partial charge in [0.2, 0.25) is 10.0 Å². The smallest absolute Gasteiger partial charge is 0.254 e. The lowest BCUT2D eigenvalue weighted by Crippen LogP contribution is -2.56. The van der Waals surface area contributed by atoms with Crippen molar-refractivity contribution in [3.05, 3.63) is 66.0 Å². The van der Waals surface area contributed by atoms with E-state index in [1.54, 1.807) is 33.7 Å². The Labute approximate surface area is 170 Å². The van der Waals surface area contributed by atoms with Crippen LogP contribution in [0.3, 0.4) is 0 Å². The first-order valence-electron chi connectivity index (χ1n) is 9.88. The van der Waals surface area contributed by atoms with Gasteiger partial charge in [0.05, 0.1) is 12.6 Å². The number of rotatable bonds is 4. The van der Waals surface area contributed by atoms with Crippen molar-refractivity contribution in [3.8, 4) is 0 Å². The number of benzene rings is 1. The van der Waals surface area contributed by atoms with Crippen molar-refractivity contribution < 1.29 is 17.9 Å². The third-order valence-electron chi connectivity index (χ3n) is 6.22. The fourth-order valence-electron chi connectivity index (χ4n) is 4.88. The number of aromatic nitrogens is 1. The van der Waals surface area contributed by atoms with Gasteiger partial charge in [0.25, 0.3) is 5.91 Å². The first kappa shape index (κ1) is 18.7. The Morgan fingerprint density at radius 1 is 1.14 bits per heavy atom. The SMILES string of the molecule is O=C(c1ccncc1)N1C[C@@H]2C[C@@H]3[C@@](C1)(CN(CCc1ccccc1)S3(=O)=O)O2. The zero-order valence-electron chi connectivity index (χ0n) is 16.0. The van der Waals surface area contributed by atoms with Crippen LogP contribution in [0.1, 0.15) is 22.3 Å². The second kappa shape index (κ2) is 6.90. The minimum atomic E-state index is -3.45. The topological polar surface area (TPSA) is 79.8 Å². The molecule has 2 aromatic rings. The molecule has 1 aromatic heterocycles. The summed E-state index contributed by atoms with van der Waals surface area (Å²) in [4.78, 5) is 18.6. The van der Waals surface area contributed by atoms with Crippen LogP contribution in [0.25, 0.3) is 0 Å². The van der Waals surface area contributed by atoms with Crippen molar-refractivity contribution >= 4 is 15.9 Å². The quantitative estimate of drug-likeness (QED) is 0.755. The maximum absolute atomic E-state index is 13.2. The van der Waals surface area contributed by atoms with Gasteiger partial charge in [-0.15, -0.1) is 0 Å². The number of carbonyl (C=O) groups is 1. The van der Waals surface area contributed by atoms with Crippen molar-refractivity contribution in [2.75, 3.05) is 26.2 Å². The number of ether oxygens (including phenoxy) is 1. The second-order valence-corrected chi connectivity index (χ2v) is 10.2. The number of hydrogen-bond donors (Lipinski definition) is 0. The van der Waals surface area contributed by atoms with E-state index < -0.39 is 20.9 Å². The van der Waals surface area contributed by atoms with Gasteiger partial charge in [-0.2, -0.15) is 4.31 Å². The minimum Gasteiger partial charge on any atom is -0.365 e. The normalized spacial score (nSPS) is 30.3. The van der Waals surface area contributed by atoms with Gasteiger partial charge >= 0.3 is 0 Å². The Kier molecular flexibility index (Phi) is 4.45. The van der Waals surface area contributed by atoms with Crippen LogP contribution in [0.4, 0.5) is 0 Å². The summed E-state index contributed by atoms with van der Waals surface area (Å²) >= 11 is 0. The maximum Gasteiger partial charge on any atom is 0.254 e. The summed E-state index contributed by atoms with van der Waals surface area (Å²) in [6.07, 6.45) is 4.06. The molecule has 2 bridgehead atoms. The van der Waals surface area contributed by atoms with E-state index in [4.69, 9.17) is 4.74 Å². The van der Waals surface area contributed by atoms with Crippen molar-refractivity contribution in [1.29, 1.82) is 0 Å². The molecule has 0 aliphatic carbocycles. The Balaban J connectivity index is 1.36. The number of nitrogens with zero attached hydrogens (tertiary/aromatic N) is 3. The molecule has 4 heterocycles. The standard InChI is InChI=1S/C21H23N3O4S/c25-20(17-6-9-22-10-7-17)23-13-18-12-19-21(14-23,28-18)15-24(29(19,26)27)11-8-16-4-2-1-3-5-16/h1-7,9-10,18-19H,8,11-15H2/t18-,19+,21+/m0/s1. The highest BCUT2D eigenvalue weighted by atomic mass is 32.2. The molecular weight excluding hydrogens is 390 g/mol. The Morgan fingerprint density at radius 3 is 2.66 bits per heavy atom. The molecule has 3 aliphatic heterocycles. The van der Waals surface area contributed by atoms with Crippen LogP contribution in [0.15, 0.2) is 54.9 Å². The van der Waals surface area contributed by atoms with Gasteiger partial charge in [-0.3, -0.25) is 9.78 Å². The van der Waals surface area contributed by atoms with E-state index >= 15 is 0 Å². The van der Waals surface area contributed by atoms with Crippen LogP contribution >= 0.6 is 0 Å². The highest BCUT2D eigenvalue weighted by Crippen LogP contribution is 2.46. The van der Waals surface area contributed by atoms with E-state index in [1.165, 1.54) is 0 Å². The number of pyridine rings is 1. The van der Waals surface area contributed by atoms with Crippen LogP contribution in [-0.2, 0) is 21.2 Å². The van der Waals surface area contributed by atoms with Gasteiger partial charge in [0, 0.05) is 37.6 Å². The number of fused-ring (bicyclic) bond motifs is 1. The van der Waals surface area contributed by atoms with E-state index in [9.17, 15) is 13.2 Å². The van der Waals surface area contributed by atoms with E-state index in [1.807, 2.05) is 30.3 Å². The fourth-order valence-corrected chi connectivity index (χ4v) is 7.19. The van der Waals surface area contributed by atoms with Gasteiger partial charge in [-0.05, 0) is 30.5 Å². The van der Waals surface area contributed by atoms with Gasteiger partial charge in [-0.1, -0.05) is 30.3 Å². The number of hydrogen-bond acceptors (Lipinski definition) is 5. The van der Waals surface area contributed by atoms with Crippen molar-refractivity contribution in [1.82, 2.24) is 14.2 Å². The van der Waals surface area contributed by atoms with E-state index in [-0.39, 0.29) is 12.0 Å². The third-order valence-corrected chi connectivity index (χ3v) is 8.59. The summed E-state index contributed by atoms with van der Waals surface area (Å²) in [5, 5.41) is -0.578. The predicted molar refractivity (Wildman–Crippen MR) is 107 cm³/mol. The minimum absolute atomic E-state index is 0.0964. The highest BCUT2D eigenvalue weighted by Gasteiger charge is 2.65. The summed E-state index contributed by atoms with van der Waals surface area (Å²) in [5.41, 5.74) is 0.839. The van der Waals surface area contributed by atoms with E-state index in [0.717, 1.165) is 5.56 Å². The Bertz CT molecular complexity index is 1010. The Hall–Kier alpha value is -2.29. The summed E-state index contributed by atoms with van der Waals surface area (Å²) in [6, 6.07) is 13.2. The van der Waals surface area contributed by atoms with Gasteiger partial charge in [0.1, 0.15) is 10.9 Å². The molecule has 0 N–H and O–H groups in total. The lowest BCUT2D eigenvalue weighted by molar-refractivity contribution is -0.0976. The monoisotopic (exact) mass is 413 g/mol. The number of sulfonamides is 1. The van der Waals surface area contributed by atoms with Crippen LogP contribution < -0.4 is 0 Å². The maximum atomic E-state index is 13.2. The molecular formula is C21H23N3O4S. The molecule has 152 valence electrons. The van der Waals surface area contributed by atoms with Gasteiger partial charge < -0.3 is 9.64 Å². The molecule has 3 atom stereocenters. The lowest BCUT2D eigenvalue weighted by Gasteiger charge is -2.39. The first-order chi connectivity index (χ1) is 14.0. The summed E-state index contributed by atoms with van der Waals surface area (Å²) in [5.74, 6) is -0.0964. The first-order valence-corrected chi connectivity index (χ1v) is 11.4. The molecule has 1 aromatic carbocycles. The zero-order valence-corrected chi connectivity index (χ0v) is 16.8. The van der Waals surface area contributed by atoms with Crippen LogP contribution in [0, 0.1) is 0 Å². The summed E-state index contributed by atoms with van der Waals surface area (Å²) < 4.78 is 34.2. The third kappa shape index (κ3) is 3.15. The second-order valence-electron chi connectivity index (χ2n) is 8.06. The molecule has 1 spiro atoms. The van der Waals surface area contributed by atoms with E-state index in [2.05, 4.69) is 4.98 Å². The van der Waals surface area contributed by atoms with Crippen LogP contribution in [0.5, 0.6) is 0 Å². The molecule has 3 aliphatic rings. The Morgan fingerprint density at radius 2 is 1.90 bits per heavy atom. The van der Waals surface area contributed by atoms with Gasteiger partial charge in [-0.25, -0.2) is 8.42 Å². The molecule has 0 radical (unpaired) electrons. The number of amides is 1. The highest BCUT2D eigenvalue weighted by molar-refractivity contribution is 7.90. The lowest BCUT2D eigenvalue weighted by atomic mass is 9.99. The summed E-state index contributed by atoms with van der Waals surface area (Å²) in [7, 11) is -3.45. The molecule has 29 heavy (non-hydrogen) atoms. The average Bonchev–Trinajstić information content (AvgIpc) is 3.12. The molecule has 3 fully saturated rings. The molecule has 7 nitrogen and oxygen atoms in total. The molecule has 0 unspecified atom stereocenters. The zero-order chi connectivity index (χ0) is 20.1. The molecule has 0 saturated carbocycles. The average molecular weight is 413 g/mol. The van der Waals surface area contributed by atoms with E-state index in [0.29, 0.717) is 44.6 Å². The molecule has 5 rings (SSSR count). The fraction of sp³-hybridized carbons (Fsp3) is 0.429. The summed E-state index contributed by atoms with van der Waals surface area (Å²) in [6.45, 7) is 1.47. The van der Waals surface area contributed by atoms with Crippen LogP contribution in [0.2, 0.25) is 0 Å².